The minimum Gasteiger partial charge on any atom is -0.322 e. The van der Waals surface area contributed by atoms with Crippen molar-refractivity contribution in [2.45, 2.75) is 25.8 Å². The maximum Gasteiger partial charge on any atom is 0.241 e. The molecule has 2 aromatic carbocycles. The molecule has 0 unspecified atom stereocenters. The van der Waals surface area contributed by atoms with Gasteiger partial charge in [0, 0.05) is 24.4 Å². The number of nitrogens with two attached hydrogens (primary N) is 1. The molecule has 0 bridgehead atoms. The van der Waals surface area contributed by atoms with Crippen molar-refractivity contribution in [3.05, 3.63) is 83.2 Å². The highest BCUT2D eigenvalue weighted by atomic mass is 19.2. The van der Waals surface area contributed by atoms with E-state index in [0.717, 1.165) is 12.1 Å². The van der Waals surface area contributed by atoms with Crippen molar-refractivity contribution in [3.8, 4) is 11.3 Å². The number of rotatable bonds is 4. The van der Waals surface area contributed by atoms with Gasteiger partial charge < -0.3 is 15.2 Å². The fraction of sp³-hybridized carbons (Fsp3) is 0.217. The zero-order valence-corrected chi connectivity index (χ0v) is 17.1. The molecule has 31 heavy (non-hydrogen) atoms. The Bertz CT molecular complexity index is 1180. The predicted molar refractivity (Wildman–Crippen MR) is 111 cm³/mol. The van der Waals surface area contributed by atoms with Gasteiger partial charge in [0.2, 0.25) is 5.91 Å². The minimum atomic E-state index is -0.935. The summed E-state index contributed by atoms with van der Waals surface area (Å²) in [7, 11) is 0. The first-order valence-electron chi connectivity index (χ1n) is 9.74. The van der Waals surface area contributed by atoms with E-state index in [1.54, 1.807) is 24.5 Å². The molecule has 1 aliphatic heterocycles. The van der Waals surface area contributed by atoms with Gasteiger partial charge in [-0.2, -0.15) is 0 Å². The number of hydrogen-bond donors (Lipinski definition) is 1. The first kappa shape index (κ1) is 20.9. The zero-order valence-electron chi connectivity index (χ0n) is 17.1. The third kappa shape index (κ3) is 3.63. The van der Waals surface area contributed by atoms with E-state index in [4.69, 9.17) is 10.7 Å². The largest absolute Gasteiger partial charge is 0.322 e. The number of aromatic nitrogens is 2. The molecular weight excluding hydrogens is 405 g/mol. The molecule has 0 fully saturated rings. The van der Waals surface area contributed by atoms with Gasteiger partial charge >= 0.3 is 0 Å². The van der Waals surface area contributed by atoms with Crippen molar-refractivity contribution in [2.24, 2.45) is 5.73 Å². The molecule has 1 aromatic heterocycles. The number of nitrogens with zero attached hydrogens (tertiary/aromatic N) is 3. The molecule has 3 aromatic rings. The summed E-state index contributed by atoms with van der Waals surface area (Å²) in [5.74, 6) is -1.92. The van der Waals surface area contributed by atoms with Gasteiger partial charge in [-0.05, 0) is 55.8 Å². The SMILES string of the molecule is CC1(C)c2nc(-c3ccc(F)cc3)c(Cc3ccc(F)c(F)c3)n2C=CN1C(=O)CN. The first-order valence-corrected chi connectivity index (χ1v) is 9.74. The van der Waals surface area contributed by atoms with E-state index in [2.05, 4.69) is 0 Å². The second-order valence-electron chi connectivity index (χ2n) is 7.86. The maximum atomic E-state index is 13.8. The number of carbonyl (C=O) groups is 1. The average molecular weight is 426 g/mol. The summed E-state index contributed by atoms with van der Waals surface area (Å²) in [6, 6.07) is 9.62. The van der Waals surface area contributed by atoms with Crippen molar-refractivity contribution in [2.75, 3.05) is 6.54 Å². The minimum absolute atomic E-state index is 0.152. The summed E-state index contributed by atoms with van der Waals surface area (Å²) in [4.78, 5) is 18.7. The van der Waals surface area contributed by atoms with Crippen LogP contribution < -0.4 is 5.73 Å². The Hall–Kier alpha value is -3.39. The van der Waals surface area contributed by atoms with Crippen LogP contribution in [-0.2, 0) is 16.8 Å². The summed E-state index contributed by atoms with van der Waals surface area (Å²) in [6.07, 6.45) is 3.58. The Morgan fingerprint density at radius 1 is 1.03 bits per heavy atom. The Kier molecular flexibility index (Phi) is 5.18. The second kappa shape index (κ2) is 7.70. The average Bonchev–Trinajstić information content (AvgIpc) is 3.10. The molecule has 0 radical (unpaired) electrons. The van der Waals surface area contributed by atoms with Crippen LogP contribution in [0.2, 0.25) is 0 Å². The first-order chi connectivity index (χ1) is 14.7. The van der Waals surface area contributed by atoms with Crippen molar-refractivity contribution in [3.63, 3.8) is 0 Å². The number of halogens is 3. The van der Waals surface area contributed by atoms with Gasteiger partial charge in [0.25, 0.3) is 0 Å². The molecular formula is C23H21F3N4O. The van der Waals surface area contributed by atoms with Crippen molar-refractivity contribution in [1.82, 2.24) is 14.5 Å². The van der Waals surface area contributed by atoms with Gasteiger partial charge in [-0.25, -0.2) is 18.2 Å². The highest BCUT2D eigenvalue weighted by Crippen LogP contribution is 2.37. The Balaban J connectivity index is 1.88. The summed E-state index contributed by atoms with van der Waals surface area (Å²) >= 11 is 0. The van der Waals surface area contributed by atoms with Gasteiger partial charge in [0.15, 0.2) is 11.6 Å². The molecule has 2 N–H and O–H groups in total. The standard InChI is InChI=1S/C23H21F3N4O/c1-23(2)22-28-21(15-4-6-16(24)7-5-15)19(12-14-3-8-17(25)18(26)11-14)29(22)9-10-30(23)20(31)13-27/h3-11H,12-13,27H2,1-2H3. The molecule has 2 heterocycles. The zero-order chi connectivity index (χ0) is 22.3. The van der Waals surface area contributed by atoms with E-state index in [-0.39, 0.29) is 24.7 Å². The van der Waals surface area contributed by atoms with Gasteiger partial charge in [-0.1, -0.05) is 6.07 Å². The van der Waals surface area contributed by atoms with Crippen LogP contribution in [0.5, 0.6) is 0 Å². The third-order valence-electron chi connectivity index (χ3n) is 5.44. The number of benzene rings is 2. The van der Waals surface area contributed by atoms with Crippen LogP contribution >= 0.6 is 0 Å². The lowest BCUT2D eigenvalue weighted by Crippen LogP contribution is -2.47. The molecule has 0 saturated heterocycles. The predicted octanol–water partition coefficient (Wildman–Crippen LogP) is 4.02. The smallest absolute Gasteiger partial charge is 0.241 e. The topological polar surface area (TPSA) is 64.2 Å². The maximum absolute atomic E-state index is 13.8. The summed E-state index contributed by atoms with van der Waals surface area (Å²) in [5, 5.41) is 0. The van der Waals surface area contributed by atoms with Crippen LogP contribution in [-0.4, -0.2) is 26.9 Å². The summed E-state index contributed by atoms with van der Waals surface area (Å²) < 4.78 is 42.5. The van der Waals surface area contributed by atoms with Crippen LogP contribution in [0, 0.1) is 17.5 Å². The Labute approximate surface area is 177 Å². The van der Waals surface area contributed by atoms with Crippen LogP contribution in [0.1, 0.15) is 30.9 Å². The van der Waals surface area contributed by atoms with E-state index in [9.17, 15) is 18.0 Å². The molecule has 5 nitrogen and oxygen atoms in total. The van der Waals surface area contributed by atoms with Gasteiger partial charge in [-0.15, -0.1) is 0 Å². The summed E-state index contributed by atoms with van der Waals surface area (Å²) in [6.45, 7) is 3.54. The molecule has 8 heteroatoms. The fourth-order valence-corrected chi connectivity index (χ4v) is 3.83. The number of amides is 1. The molecule has 1 aliphatic rings. The molecule has 4 rings (SSSR count). The molecule has 0 atom stereocenters. The van der Waals surface area contributed by atoms with Crippen molar-refractivity contribution >= 4 is 12.1 Å². The lowest BCUT2D eigenvalue weighted by Gasteiger charge is -2.38. The number of carbonyl (C=O) groups excluding carboxylic acids is 1. The normalized spacial score (nSPS) is 14.6. The van der Waals surface area contributed by atoms with Gasteiger partial charge in [-0.3, -0.25) is 4.79 Å². The molecule has 1 amide bonds. The van der Waals surface area contributed by atoms with Crippen LogP contribution in [0.4, 0.5) is 13.2 Å². The van der Waals surface area contributed by atoms with Crippen LogP contribution in [0.3, 0.4) is 0 Å². The molecule has 160 valence electrons. The van der Waals surface area contributed by atoms with Crippen LogP contribution in [0.25, 0.3) is 17.5 Å². The molecule has 0 spiro atoms. The highest BCUT2D eigenvalue weighted by molar-refractivity contribution is 5.81. The lowest BCUT2D eigenvalue weighted by atomic mass is 10.00. The van der Waals surface area contributed by atoms with E-state index in [1.807, 2.05) is 18.4 Å². The quantitative estimate of drug-likeness (QED) is 0.685. The third-order valence-corrected chi connectivity index (χ3v) is 5.44. The van der Waals surface area contributed by atoms with Crippen molar-refractivity contribution in [1.29, 1.82) is 0 Å². The highest BCUT2D eigenvalue weighted by Gasteiger charge is 2.39. The molecule has 0 aliphatic carbocycles. The second-order valence-corrected chi connectivity index (χ2v) is 7.86. The van der Waals surface area contributed by atoms with E-state index < -0.39 is 17.2 Å². The van der Waals surface area contributed by atoms with Gasteiger partial charge in [0.05, 0.1) is 17.9 Å². The van der Waals surface area contributed by atoms with Crippen LogP contribution in [0.15, 0.2) is 48.7 Å². The lowest BCUT2D eigenvalue weighted by molar-refractivity contribution is -0.132. The molecule has 0 saturated carbocycles. The number of hydrogen-bond acceptors (Lipinski definition) is 3. The van der Waals surface area contributed by atoms with E-state index >= 15 is 0 Å². The Morgan fingerprint density at radius 3 is 2.39 bits per heavy atom. The fourth-order valence-electron chi connectivity index (χ4n) is 3.83. The van der Waals surface area contributed by atoms with Crippen molar-refractivity contribution < 1.29 is 18.0 Å². The van der Waals surface area contributed by atoms with Gasteiger partial charge in [0.1, 0.15) is 17.2 Å². The van der Waals surface area contributed by atoms with E-state index in [0.29, 0.717) is 28.3 Å². The Morgan fingerprint density at radius 2 is 1.74 bits per heavy atom. The number of imidazole rings is 1. The van der Waals surface area contributed by atoms with E-state index in [1.165, 1.54) is 23.1 Å². The summed E-state index contributed by atoms with van der Waals surface area (Å²) in [5.41, 5.74) is 7.24. The number of fused-ring (bicyclic) bond motifs is 1. The monoisotopic (exact) mass is 426 g/mol.